The van der Waals surface area contributed by atoms with Crippen molar-refractivity contribution in [1.82, 2.24) is 10.2 Å². The number of thiocarbonyl (C=S) groups is 1. The number of nitrogens with one attached hydrogen (secondary N) is 2. The van der Waals surface area contributed by atoms with Crippen LogP contribution in [-0.4, -0.2) is 48.0 Å². The van der Waals surface area contributed by atoms with Gasteiger partial charge in [0.1, 0.15) is 5.76 Å². The Kier molecular flexibility index (Phi) is 8.40. The van der Waals surface area contributed by atoms with Crippen LogP contribution in [0, 0.1) is 6.92 Å². The Balaban J connectivity index is 1.15. The zero-order chi connectivity index (χ0) is 28.2. The summed E-state index contributed by atoms with van der Waals surface area (Å²) in [5, 5.41) is 6.83. The molecule has 2 N–H and O–H groups in total. The largest absolute Gasteiger partial charge is 0.451 e. The molecule has 40 heavy (non-hydrogen) atoms. The number of halogens is 2. The van der Waals surface area contributed by atoms with Crippen LogP contribution in [0.2, 0.25) is 10.0 Å². The van der Waals surface area contributed by atoms with Crippen LogP contribution in [0.3, 0.4) is 0 Å². The average molecular weight is 594 g/mol. The number of benzene rings is 3. The summed E-state index contributed by atoms with van der Waals surface area (Å²) in [6, 6.07) is 23.6. The summed E-state index contributed by atoms with van der Waals surface area (Å²) in [5.74, 6) is 0.211. The van der Waals surface area contributed by atoms with E-state index in [0.29, 0.717) is 47.7 Å². The molecule has 0 radical (unpaired) electrons. The van der Waals surface area contributed by atoms with Gasteiger partial charge in [0.15, 0.2) is 10.9 Å². The molecule has 0 saturated carbocycles. The average Bonchev–Trinajstić information content (AvgIpc) is 3.44. The van der Waals surface area contributed by atoms with Gasteiger partial charge < -0.3 is 19.5 Å². The lowest BCUT2D eigenvalue weighted by molar-refractivity contribution is 0.0746. The minimum Gasteiger partial charge on any atom is -0.451 e. The highest BCUT2D eigenvalue weighted by Crippen LogP contribution is 2.30. The Morgan fingerprint density at radius 3 is 2.40 bits per heavy atom. The number of carbonyl (C=O) groups excluding carboxylic acids is 2. The number of rotatable bonds is 5. The van der Waals surface area contributed by atoms with Gasteiger partial charge in [0.25, 0.3) is 11.8 Å². The molecule has 1 aromatic heterocycles. The zero-order valence-corrected chi connectivity index (χ0v) is 23.9. The lowest BCUT2D eigenvalue weighted by Gasteiger charge is -2.36. The highest BCUT2D eigenvalue weighted by molar-refractivity contribution is 7.80. The van der Waals surface area contributed by atoms with E-state index >= 15 is 0 Å². The monoisotopic (exact) mass is 592 g/mol. The Bertz CT molecular complexity index is 1580. The molecule has 10 heteroatoms. The van der Waals surface area contributed by atoms with Gasteiger partial charge in [-0.3, -0.25) is 14.9 Å². The number of aryl methyl sites for hydroxylation is 1. The lowest BCUT2D eigenvalue weighted by Crippen LogP contribution is -2.49. The molecule has 1 aliphatic heterocycles. The zero-order valence-electron chi connectivity index (χ0n) is 21.6. The van der Waals surface area contributed by atoms with Crippen molar-refractivity contribution in [3.05, 3.63) is 106 Å². The van der Waals surface area contributed by atoms with Gasteiger partial charge >= 0.3 is 0 Å². The smallest absolute Gasteiger partial charge is 0.293 e. The second-order valence-electron chi connectivity index (χ2n) is 9.34. The first kappa shape index (κ1) is 27.7. The van der Waals surface area contributed by atoms with Gasteiger partial charge in [-0.1, -0.05) is 53.5 Å². The van der Waals surface area contributed by atoms with Crippen LogP contribution in [0.4, 0.5) is 11.4 Å². The van der Waals surface area contributed by atoms with Gasteiger partial charge in [-0.2, -0.15) is 0 Å². The van der Waals surface area contributed by atoms with Gasteiger partial charge in [-0.25, -0.2) is 0 Å². The fourth-order valence-corrected chi connectivity index (χ4v) is 5.26. The van der Waals surface area contributed by atoms with Crippen molar-refractivity contribution in [3.8, 4) is 11.3 Å². The minimum atomic E-state index is -0.480. The molecule has 2 heterocycles. The SMILES string of the molecule is Cc1ccccc1C(=O)N1CCN(c2ccc(NC(=S)NC(=O)c3ccc(-c4cccc(Cl)c4)o3)cc2Cl)CC1. The van der Waals surface area contributed by atoms with E-state index in [2.05, 4.69) is 15.5 Å². The van der Waals surface area contributed by atoms with Crippen molar-refractivity contribution in [1.29, 1.82) is 0 Å². The van der Waals surface area contributed by atoms with Crippen LogP contribution < -0.4 is 15.5 Å². The summed E-state index contributed by atoms with van der Waals surface area (Å²) < 4.78 is 5.68. The molecule has 1 fully saturated rings. The molecule has 0 atom stereocenters. The molecule has 0 aliphatic carbocycles. The fourth-order valence-electron chi connectivity index (χ4n) is 4.56. The predicted molar refractivity (Wildman–Crippen MR) is 164 cm³/mol. The molecule has 0 unspecified atom stereocenters. The topological polar surface area (TPSA) is 77.8 Å². The molecule has 3 aromatic carbocycles. The summed E-state index contributed by atoms with van der Waals surface area (Å²) in [6.07, 6.45) is 0. The van der Waals surface area contributed by atoms with Crippen LogP contribution in [-0.2, 0) is 0 Å². The maximum atomic E-state index is 12.9. The van der Waals surface area contributed by atoms with Gasteiger partial charge in [0.2, 0.25) is 0 Å². The lowest BCUT2D eigenvalue weighted by atomic mass is 10.1. The first-order chi connectivity index (χ1) is 19.3. The predicted octanol–water partition coefficient (Wildman–Crippen LogP) is 6.65. The van der Waals surface area contributed by atoms with Crippen LogP contribution in [0.1, 0.15) is 26.5 Å². The van der Waals surface area contributed by atoms with Gasteiger partial charge in [-0.05, 0) is 73.2 Å². The summed E-state index contributed by atoms with van der Waals surface area (Å²) in [5.41, 5.74) is 3.98. The second kappa shape index (κ2) is 12.1. The van der Waals surface area contributed by atoms with E-state index in [-0.39, 0.29) is 16.8 Å². The summed E-state index contributed by atoms with van der Waals surface area (Å²) >= 11 is 18.0. The Morgan fingerprint density at radius 1 is 0.900 bits per heavy atom. The standard InChI is InChI=1S/C30H26Cl2N4O3S/c1-19-5-2-3-8-23(19)29(38)36-15-13-35(14-16-36)25-10-9-22(18-24(25)32)33-30(40)34-28(37)27-12-11-26(39-27)20-6-4-7-21(31)17-20/h2-12,17-18H,13-16H2,1H3,(H2,33,34,37,40). The van der Waals surface area contributed by atoms with Crippen molar-refractivity contribution < 1.29 is 14.0 Å². The Labute approximate surface area is 247 Å². The summed E-state index contributed by atoms with van der Waals surface area (Å²) in [7, 11) is 0. The van der Waals surface area contributed by atoms with Crippen LogP contribution in [0.5, 0.6) is 0 Å². The molecule has 204 valence electrons. The van der Waals surface area contributed by atoms with E-state index in [4.69, 9.17) is 39.8 Å². The number of anilines is 2. The van der Waals surface area contributed by atoms with E-state index in [1.54, 1.807) is 30.3 Å². The first-order valence-corrected chi connectivity index (χ1v) is 13.8. The highest BCUT2D eigenvalue weighted by Gasteiger charge is 2.24. The van der Waals surface area contributed by atoms with E-state index in [1.165, 1.54) is 0 Å². The maximum Gasteiger partial charge on any atom is 0.293 e. The van der Waals surface area contributed by atoms with Crippen molar-refractivity contribution in [2.24, 2.45) is 0 Å². The van der Waals surface area contributed by atoms with E-state index in [9.17, 15) is 9.59 Å². The number of carbonyl (C=O) groups is 2. The molecule has 1 saturated heterocycles. The number of piperazine rings is 1. The normalized spacial score (nSPS) is 13.2. The Hall–Kier alpha value is -3.85. The Morgan fingerprint density at radius 2 is 1.68 bits per heavy atom. The minimum absolute atomic E-state index is 0.0502. The molecule has 7 nitrogen and oxygen atoms in total. The number of hydrogen-bond acceptors (Lipinski definition) is 5. The molecule has 1 aliphatic rings. The number of nitrogens with zero attached hydrogens (tertiary/aromatic N) is 2. The molecule has 5 rings (SSSR count). The van der Waals surface area contributed by atoms with Crippen molar-refractivity contribution in [2.45, 2.75) is 6.92 Å². The first-order valence-electron chi connectivity index (χ1n) is 12.7. The number of furan rings is 1. The third-order valence-corrected chi connectivity index (χ3v) is 7.40. The van der Waals surface area contributed by atoms with Gasteiger partial charge in [0.05, 0.1) is 10.7 Å². The number of amides is 2. The molecule has 0 bridgehead atoms. The van der Waals surface area contributed by atoms with Gasteiger partial charge in [0, 0.05) is 48.0 Å². The van der Waals surface area contributed by atoms with E-state index in [0.717, 1.165) is 22.4 Å². The van der Waals surface area contributed by atoms with Crippen LogP contribution >= 0.6 is 35.4 Å². The summed E-state index contributed by atoms with van der Waals surface area (Å²) in [6.45, 7) is 4.49. The summed E-state index contributed by atoms with van der Waals surface area (Å²) in [4.78, 5) is 29.6. The van der Waals surface area contributed by atoms with Crippen molar-refractivity contribution in [2.75, 3.05) is 36.4 Å². The van der Waals surface area contributed by atoms with Gasteiger partial charge in [-0.15, -0.1) is 0 Å². The van der Waals surface area contributed by atoms with Crippen molar-refractivity contribution >= 4 is 63.7 Å². The van der Waals surface area contributed by atoms with Crippen LogP contribution in [0.25, 0.3) is 11.3 Å². The van der Waals surface area contributed by atoms with E-state index in [1.807, 2.05) is 60.4 Å². The van der Waals surface area contributed by atoms with E-state index < -0.39 is 5.91 Å². The third kappa shape index (κ3) is 6.31. The molecule has 0 spiro atoms. The molecule has 4 aromatic rings. The third-order valence-electron chi connectivity index (χ3n) is 6.65. The van der Waals surface area contributed by atoms with Crippen LogP contribution in [0.15, 0.2) is 83.3 Å². The second-order valence-corrected chi connectivity index (χ2v) is 10.6. The number of hydrogen-bond donors (Lipinski definition) is 2. The fraction of sp³-hybridized carbons (Fsp3) is 0.167. The maximum absolute atomic E-state index is 12.9. The molecule has 2 amide bonds. The van der Waals surface area contributed by atoms with Crippen molar-refractivity contribution in [3.63, 3.8) is 0 Å². The highest BCUT2D eigenvalue weighted by atomic mass is 35.5. The molecular formula is C30H26Cl2N4O3S. The quantitative estimate of drug-likeness (QED) is 0.253. The molecular weight excluding hydrogens is 567 g/mol.